The van der Waals surface area contributed by atoms with Gasteiger partial charge in [0.2, 0.25) is 0 Å². The normalized spacial score (nSPS) is 10.9. The monoisotopic (exact) mass is 301 g/mol. The molecular weight excluding hydrogens is 286 g/mol. The van der Waals surface area contributed by atoms with E-state index in [4.69, 9.17) is 10.7 Å². The van der Waals surface area contributed by atoms with Crippen molar-refractivity contribution >= 4 is 25.6 Å². The number of carbonyl (C=O) groups is 1. The van der Waals surface area contributed by atoms with E-state index in [0.29, 0.717) is 17.7 Å². The predicted octanol–water partition coefficient (Wildman–Crippen LogP) is 2.62. The highest BCUT2D eigenvalue weighted by Crippen LogP contribution is 2.18. The third-order valence-corrected chi connectivity index (χ3v) is 3.85. The van der Waals surface area contributed by atoms with Crippen LogP contribution in [0.2, 0.25) is 0 Å². The van der Waals surface area contributed by atoms with Crippen molar-refractivity contribution in [1.82, 2.24) is 5.32 Å². The molecule has 0 spiro atoms. The molecule has 0 aliphatic heterocycles. The second kappa shape index (κ2) is 6.21. The van der Waals surface area contributed by atoms with Crippen LogP contribution >= 0.6 is 10.7 Å². The molecule has 1 N–H and O–H groups in total. The number of nitrogens with one attached hydrogen (secondary N) is 1. The van der Waals surface area contributed by atoms with E-state index < -0.39 is 9.05 Å². The van der Waals surface area contributed by atoms with Gasteiger partial charge in [-0.15, -0.1) is 0 Å². The molecule has 19 heavy (non-hydrogen) atoms. The van der Waals surface area contributed by atoms with Crippen molar-refractivity contribution in [2.24, 2.45) is 0 Å². The molecule has 0 atom stereocenters. The van der Waals surface area contributed by atoms with Crippen LogP contribution in [0.3, 0.4) is 0 Å². The molecule has 0 bridgehead atoms. The molecule has 0 heterocycles. The Morgan fingerprint density at radius 2 is 2.00 bits per heavy atom. The lowest BCUT2D eigenvalue weighted by Crippen LogP contribution is -2.24. The van der Waals surface area contributed by atoms with Crippen LogP contribution < -0.4 is 5.32 Å². The van der Waals surface area contributed by atoms with Gasteiger partial charge in [0.15, 0.2) is 0 Å². The standard InChI is InChI=1S/C13H16ClNO3S/c1-9(2)6-7-15-13(16)12-5-4-11(8-10(12)3)19(14,17)18/h4-6,8H,7H2,1-3H3,(H,15,16). The van der Waals surface area contributed by atoms with Gasteiger partial charge < -0.3 is 5.32 Å². The highest BCUT2D eigenvalue weighted by atomic mass is 35.7. The number of aryl methyl sites for hydroxylation is 1. The first-order valence-corrected chi connectivity index (χ1v) is 7.99. The Balaban J connectivity index is 2.91. The lowest BCUT2D eigenvalue weighted by molar-refractivity contribution is 0.0957. The number of amides is 1. The van der Waals surface area contributed by atoms with Gasteiger partial charge in [-0.3, -0.25) is 4.79 Å². The zero-order chi connectivity index (χ0) is 14.6. The van der Waals surface area contributed by atoms with Crippen LogP contribution in [0.1, 0.15) is 29.8 Å². The predicted molar refractivity (Wildman–Crippen MR) is 76.0 cm³/mol. The topological polar surface area (TPSA) is 63.2 Å². The lowest BCUT2D eigenvalue weighted by Gasteiger charge is -2.07. The summed E-state index contributed by atoms with van der Waals surface area (Å²) in [6.45, 7) is 5.99. The highest BCUT2D eigenvalue weighted by Gasteiger charge is 2.14. The van der Waals surface area contributed by atoms with Crippen LogP contribution in [0, 0.1) is 6.92 Å². The van der Waals surface area contributed by atoms with Crippen molar-refractivity contribution < 1.29 is 13.2 Å². The largest absolute Gasteiger partial charge is 0.349 e. The van der Waals surface area contributed by atoms with E-state index in [-0.39, 0.29) is 10.8 Å². The molecule has 1 aromatic rings. The molecule has 1 rings (SSSR count). The third-order valence-electron chi connectivity index (χ3n) is 2.50. The minimum Gasteiger partial charge on any atom is -0.349 e. The van der Waals surface area contributed by atoms with Gasteiger partial charge in [-0.05, 0) is 44.5 Å². The summed E-state index contributed by atoms with van der Waals surface area (Å²) >= 11 is 0. The number of allylic oxidation sites excluding steroid dienone is 1. The van der Waals surface area contributed by atoms with Gasteiger partial charge in [0.05, 0.1) is 4.90 Å². The minimum absolute atomic E-state index is 0.00693. The molecule has 0 aliphatic rings. The molecule has 6 heteroatoms. The number of halogens is 1. The van der Waals surface area contributed by atoms with Gasteiger partial charge in [-0.25, -0.2) is 8.42 Å². The second-order valence-corrected chi connectivity index (χ2v) is 6.97. The number of carbonyl (C=O) groups excluding carboxylic acids is 1. The number of hydrogen-bond donors (Lipinski definition) is 1. The maximum atomic E-state index is 11.9. The Bertz CT molecular complexity index is 617. The van der Waals surface area contributed by atoms with Crippen molar-refractivity contribution in [3.8, 4) is 0 Å². The van der Waals surface area contributed by atoms with Gasteiger partial charge in [-0.2, -0.15) is 0 Å². The van der Waals surface area contributed by atoms with Gasteiger partial charge in [0, 0.05) is 22.8 Å². The minimum atomic E-state index is -3.76. The quantitative estimate of drug-likeness (QED) is 0.687. The molecule has 0 saturated heterocycles. The summed E-state index contributed by atoms with van der Waals surface area (Å²) in [5.74, 6) is -0.242. The van der Waals surface area contributed by atoms with Gasteiger partial charge in [0.25, 0.3) is 15.0 Å². The van der Waals surface area contributed by atoms with E-state index in [0.717, 1.165) is 5.57 Å². The number of benzene rings is 1. The van der Waals surface area contributed by atoms with Crippen LogP contribution in [0.25, 0.3) is 0 Å². The summed E-state index contributed by atoms with van der Waals surface area (Å²) in [5.41, 5.74) is 2.11. The molecule has 0 saturated carbocycles. The maximum absolute atomic E-state index is 11.9. The summed E-state index contributed by atoms with van der Waals surface area (Å²) < 4.78 is 22.3. The van der Waals surface area contributed by atoms with Gasteiger partial charge >= 0.3 is 0 Å². The Morgan fingerprint density at radius 1 is 1.37 bits per heavy atom. The molecule has 1 aromatic carbocycles. The van der Waals surface area contributed by atoms with Crippen LogP contribution in [0.15, 0.2) is 34.7 Å². The van der Waals surface area contributed by atoms with Crippen LogP contribution in [0.4, 0.5) is 0 Å². The lowest BCUT2D eigenvalue weighted by atomic mass is 10.1. The average Bonchev–Trinajstić information content (AvgIpc) is 2.26. The van der Waals surface area contributed by atoms with E-state index in [1.807, 2.05) is 19.9 Å². The van der Waals surface area contributed by atoms with Crippen molar-refractivity contribution in [2.75, 3.05) is 6.54 Å². The average molecular weight is 302 g/mol. The fourth-order valence-corrected chi connectivity index (χ4v) is 2.32. The fraction of sp³-hybridized carbons (Fsp3) is 0.308. The van der Waals surface area contributed by atoms with Crippen LogP contribution in [0.5, 0.6) is 0 Å². The molecule has 0 unspecified atom stereocenters. The van der Waals surface area contributed by atoms with E-state index in [1.165, 1.54) is 18.2 Å². The summed E-state index contributed by atoms with van der Waals surface area (Å²) in [6.07, 6.45) is 1.89. The zero-order valence-electron chi connectivity index (χ0n) is 11.0. The Morgan fingerprint density at radius 3 is 2.47 bits per heavy atom. The first kappa shape index (κ1) is 15.7. The molecule has 0 aromatic heterocycles. The summed E-state index contributed by atoms with van der Waals surface area (Å²) in [5, 5.41) is 2.73. The van der Waals surface area contributed by atoms with Crippen LogP contribution in [-0.4, -0.2) is 20.9 Å². The Hall–Kier alpha value is -1.33. The van der Waals surface area contributed by atoms with E-state index in [9.17, 15) is 13.2 Å². The van der Waals surface area contributed by atoms with Crippen LogP contribution in [-0.2, 0) is 9.05 Å². The molecule has 1 amide bonds. The second-order valence-electron chi connectivity index (χ2n) is 4.41. The number of rotatable bonds is 4. The van der Waals surface area contributed by atoms with E-state index >= 15 is 0 Å². The van der Waals surface area contributed by atoms with E-state index in [2.05, 4.69) is 5.32 Å². The van der Waals surface area contributed by atoms with Gasteiger partial charge in [0.1, 0.15) is 0 Å². The van der Waals surface area contributed by atoms with Crippen molar-refractivity contribution in [3.63, 3.8) is 0 Å². The maximum Gasteiger partial charge on any atom is 0.261 e. The Kier molecular flexibility index (Phi) is 5.14. The smallest absolute Gasteiger partial charge is 0.261 e. The molecule has 4 nitrogen and oxygen atoms in total. The summed E-state index contributed by atoms with van der Waals surface area (Å²) in [4.78, 5) is 11.9. The molecule has 0 fully saturated rings. The van der Waals surface area contributed by atoms with E-state index in [1.54, 1.807) is 6.92 Å². The third kappa shape index (κ3) is 4.69. The molecule has 104 valence electrons. The molecular formula is C13H16ClNO3S. The first-order chi connectivity index (χ1) is 8.71. The summed E-state index contributed by atoms with van der Waals surface area (Å²) in [6, 6.07) is 4.17. The summed E-state index contributed by atoms with van der Waals surface area (Å²) in [7, 11) is 1.48. The molecule has 0 aliphatic carbocycles. The van der Waals surface area contributed by atoms with Crippen molar-refractivity contribution in [2.45, 2.75) is 25.7 Å². The Labute approximate surface area is 117 Å². The highest BCUT2D eigenvalue weighted by molar-refractivity contribution is 8.13. The molecule has 0 radical (unpaired) electrons. The zero-order valence-corrected chi connectivity index (χ0v) is 12.6. The number of hydrogen-bond acceptors (Lipinski definition) is 3. The first-order valence-electron chi connectivity index (χ1n) is 5.68. The van der Waals surface area contributed by atoms with Crippen molar-refractivity contribution in [3.05, 3.63) is 41.0 Å². The fourth-order valence-electron chi connectivity index (χ4n) is 1.49. The van der Waals surface area contributed by atoms with Crippen molar-refractivity contribution in [1.29, 1.82) is 0 Å². The van der Waals surface area contributed by atoms with Gasteiger partial charge in [-0.1, -0.05) is 11.6 Å². The SMILES string of the molecule is CC(C)=CCNC(=O)c1ccc(S(=O)(=O)Cl)cc1C.